The summed E-state index contributed by atoms with van der Waals surface area (Å²) in [4.78, 5) is 1.18. The molecule has 1 atom stereocenters. The molecular weight excluding hydrogens is 547 g/mol. The fraction of sp³-hybridized carbons (Fsp3) is 0.167. The molecule has 19 heavy (non-hydrogen) atoms. The summed E-state index contributed by atoms with van der Waals surface area (Å²) in [6.07, 6.45) is 0. The molecule has 0 spiro atoms. The van der Waals surface area contributed by atoms with E-state index in [9.17, 15) is 0 Å². The third-order valence-corrected chi connectivity index (χ3v) is 7.85. The van der Waals surface area contributed by atoms with Crippen molar-refractivity contribution in [3.8, 4) is 5.75 Å². The first-order valence-electron chi connectivity index (χ1n) is 5.05. The molecule has 1 unspecified atom stereocenters. The van der Waals surface area contributed by atoms with Crippen LogP contribution in [0.1, 0.15) is 15.3 Å². The maximum absolute atomic E-state index is 6.13. The second kappa shape index (κ2) is 6.79. The fourth-order valence-corrected chi connectivity index (χ4v) is 5.46. The molecule has 0 aliphatic heterocycles. The second-order valence-electron chi connectivity index (χ2n) is 3.64. The van der Waals surface area contributed by atoms with E-state index in [1.54, 1.807) is 18.4 Å². The van der Waals surface area contributed by atoms with E-state index >= 15 is 0 Å². The van der Waals surface area contributed by atoms with Crippen LogP contribution >= 0.6 is 86.7 Å². The largest absolute Gasteiger partial charge is 0.495 e. The van der Waals surface area contributed by atoms with Gasteiger partial charge in [0.25, 0.3) is 0 Å². The van der Waals surface area contributed by atoms with Crippen molar-refractivity contribution in [3.05, 3.63) is 46.4 Å². The minimum atomic E-state index is 0.0186. The molecule has 0 radical (unpaired) electrons. The van der Waals surface area contributed by atoms with Crippen molar-refractivity contribution >= 4 is 86.7 Å². The topological polar surface area (TPSA) is 9.23 Å². The molecule has 102 valence electrons. The molecular formula is C12H7Br4ClOS. The lowest BCUT2D eigenvalue weighted by atomic mass is 10.1. The second-order valence-corrected chi connectivity index (χ2v) is 9.11. The normalized spacial score (nSPS) is 12.5. The molecule has 0 N–H and O–H groups in total. The van der Waals surface area contributed by atoms with Gasteiger partial charge in [-0.25, -0.2) is 0 Å². The van der Waals surface area contributed by atoms with Crippen LogP contribution in [0, 0.1) is 0 Å². The van der Waals surface area contributed by atoms with Gasteiger partial charge in [0.05, 0.1) is 20.2 Å². The third kappa shape index (κ3) is 3.58. The van der Waals surface area contributed by atoms with Crippen LogP contribution in [0.3, 0.4) is 0 Å². The molecule has 2 rings (SSSR count). The molecule has 0 aliphatic rings. The predicted octanol–water partition coefficient (Wildman–Crippen LogP) is 7.18. The summed E-state index contributed by atoms with van der Waals surface area (Å²) in [7, 11) is 1.65. The average Bonchev–Trinajstić information content (AvgIpc) is 2.68. The van der Waals surface area contributed by atoms with Gasteiger partial charge in [0.15, 0.2) is 0 Å². The highest BCUT2D eigenvalue weighted by Crippen LogP contribution is 2.46. The Labute approximate surface area is 154 Å². The van der Waals surface area contributed by atoms with Gasteiger partial charge >= 0.3 is 0 Å². The minimum Gasteiger partial charge on any atom is -0.495 e. The van der Waals surface area contributed by atoms with Crippen LogP contribution in [-0.4, -0.2) is 7.11 Å². The number of alkyl halides is 1. The summed E-state index contributed by atoms with van der Waals surface area (Å²) in [5, 5.41) is 0.668. The lowest BCUT2D eigenvalue weighted by molar-refractivity contribution is 0.408. The molecule has 0 fully saturated rings. The molecule has 0 saturated heterocycles. The Hall–Kier alpha value is 0.930. The standard InChI is InChI=1S/C12H7Br4ClOS/c1-18-11-6(2-5(17)3-7(11)13)10(15)9-4-8(14)12(16)19-9/h2-4,10H,1H3. The maximum Gasteiger partial charge on any atom is 0.137 e. The van der Waals surface area contributed by atoms with Gasteiger partial charge in [0.1, 0.15) is 5.75 Å². The summed E-state index contributed by atoms with van der Waals surface area (Å²) in [5.74, 6) is 0.784. The Morgan fingerprint density at radius 2 is 1.84 bits per heavy atom. The lowest BCUT2D eigenvalue weighted by Crippen LogP contribution is -1.96. The first-order valence-corrected chi connectivity index (χ1v) is 9.54. The van der Waals surface area contributed by atoms with Crippen LogP contribution in [0.4, 0.5) is 0 Å². The highest BCUT2D eigenvalue weighted by molar-refractivity contribution is 9.13. The van der Waals surface area contributed by atoms with Gasteiger partial charge in [-0.1, -0.05) is 27.5 Å². The molecule has 1 aromatic heterocycles. The Morgan fingerprint density at radius 1 is 1.16 bits per heavy atom. The van der Waals surface area contributed by atoms with Gasteiger partial charge in [-0.2, -0.15) is 0 Å². The highest BCUT2D eigenvalue weighted by atomic mass is 79.9. The van der Waals surface area contributed by atoms with E-state index in [2.05, 4.69) is 69.8 Å². The van der Waals surface area contributed by atoms with Crippen LogP contribution in [0.2, 0.25) is 5.02 Å². The van der Waals surface area contributed by atoms with E-state index in [4.69, 9.17) is 16.3 Å². The zero-order chi connectivity index (χ0) is 14.2. The van der Waals surface area contributed by atoms with Crippen LogP contribution < -0.4 is 4.74 Å². The van der Waals surface area contributed by atoms with Crippen molar-refractivity contribution in [1.82, 2.24) is 0 Å². The maximum atomic E-state index is 6.13. The van der Waals surface area contributed by atoms with Crippen molar-refractivity contribution in [1.29, 1.82) is 0 Å². The molecule has 0 bridgehead atoms. The van der Waals surface area contributed by atoms with Crippen molar-refractivity contribution in [2.24, 2.45) is 0 Å². The minimum absolute atomic E-state index is 0.0186. The van der Waals surface area contributed by atoms with Crippen LogP contribution in [0.5, 0.6) is 5.75 Å². The lowest BCUT2D eigenvalue weighted by Gasteiger charge is -2.15. The van der Waals surface area contributed by atoms with Crippen LogP contribution in [0.15, 0.2) is 30.9 Å². The van der Waals surface area contributed by atoms with Crippen molar-refractivity contribution < 1.29 is 4.74 Å². The molecule has 7 heteroatoms. The summed E-state index contributed by atoms with van der Waals surface area (Å²) >= 11 is 22.0. The van der Waals surface area contributed by atoms with E-state index in [1.807, 2.05) is 12.1 Å². The first-order chi connectivity index (χ1) is 8.93. The van der Waals surface area contributed by atoms with E-state index in [-0.39, 0.29) is 4.83 Å². The number of rotatable bonds is 3. The zero-order valence-electron chi connectivity index (χ0n) is 9.52. The Balaban J connectivity index is 2.51. The summed E-state index contributed by atoms with van der Waals surface area (Å²) in [6.45, 7) is 0. The molecule has 0 aliphatic carbocycles. The Kier molecular flexibility index (Phi) is 5.83. The van der Waals surface area contributed by atoms with E-state index in [0.717, 1.165) is 28.9 Å². The van der Waals surface area contributed by atoms with E-state index < -0.39 is 0 Å². The van der Waals surface area contributed by atoms with Gasteiger partial charge in [0, 0.05) is 19.9 Å². The average molecular weight is 554 g/mol. The SMILES string of the molecule is COc1c(Br)cc(Cl)cc1C(Br)c1cc(Br)c(Br)s1. The van der Waals surface area contributed by atoms with Crippen molar-refractivity contribution in [2.45, 2.75) is 4.83 Å². The number of methoxy groups -OCH3 is 1. The number of thiophene rings is 1. The number of hydrogen-bond acceptors (Lipinski definition) is 2. The monoisotopic (exact) mass is 550 g/mol. The summed E-state index contributed by atoms with van der Waals surface area (Å²) < 4.78 is 8.40. The number of halogens is 5. The van der Waals surface area contributed by atoms with Gasteiger partial charge < -0.3 is 4.74 Å². The van der Waals surface area contributed by atoms with Gasteiger partial charge in [-0.3, -0.25) is 0 Å². The Bertz CT molecular complexity index is 595. The van der Waals surface area contributed by atoms with Gasteiger partial charge in [0.2, 0.25) is 0 Å². The molecule has 0 saturated carbocycles. The smallest absolute Gasteiger partial charge is 0.137 e. The highest BCUT2D eigenvalue weighted by Gasteiger charge is 2.21. The summed E-state index contributed by atoms with van der Waals surface area (Å²) in [5.41, 5.74) is 0.989. The van der Waals surface area contributed by atoms with E-state index in [1.165, 1.54) is 0 Å². The zero-order valence-corrected chi connectivity index (χ0v) is 17.4. The molecule has 1 aromatic carbocycles. The van der Waals surface area contributed by atoms with Crippen LogP contribution in [-0.2, 0) is 0 Å². The quantitative estimate of drug-likeness (QED) is 0.366. The summed E-state index contributed by atoms with van der Waals surface area (Å²) in [6, 6.07) is 5.80. The predicted molar refractivity (Wildman–Crippen MR) is 96.2 cm³/mol. The van der Waals surface area contributed by atoms with Crippen LogP contribution in [0.25, 0.3) is 0 Å². The third-order valence-electron chi connectivity index (χ3n) is 2.43. The van der Waals surface area contributed by atoms with Crippen molar-refractivity contribution in [3.63, 3.8) is 0 Å². The molecule has 0 amide bonds. The molecule has 2 aromatic rings. The number of hydrogen-bond donors (Lipinski definition) is 0. The van der Waals surface area contributed by atoms with Gasteiger partial charge in [-0.15, -0.1) is 11.3 Å². The first kappa shape index (κ1) is 16.3. The van der Waals surface area contributed by atoms with Gasteiger partial charge in [-0.05, 0) is 66.0 Å². The molecule has 1 heterocycles. The van der Waals surface area contributed by atoms with E-state index in [0.29, 0.717) is 5.02 Å². The fourth-order valence-electron chi connectivity index (χ4n) is 1.63. The Morgan fingerprint density at radius 3 is 2.37 bits per heavy atom. The van der Waals surface area contributed by atoms with Crippen molar-refractivity contribution in [2.75, 3.05) is 7.11 Å². The number of benzene rings is 1. The number of ether oxygens (including phenoxy) is 1. The molecule has 1 nitrogen and oxygen atoms in total.